The van der Waals surface area contributed by atoms with Crippen LogP contribution in [-0.2, 0) is 5.54 Å². The molecule has 0 amide bonds. The lowest BCUT2D eigenvalue weighted by molar-refractivity contribution is 0.0696. The highest BCUT2D eigenvalue weighted by Crippen LogP contribution is 2.49. The average molecular weight is 223 g/mol. The fourth-order valence-electron chi connectivity index (χ4n) is 1.67. The molecule has 1 aliphatic rings. The molecule has 86 valence electrons. The Hall–Kier alpha value is -1.75. The zero-order chi connectivity index (χ0) is 11.9. The van der Waals surface area contributed by atoms with Crippen molar-refractivity contribution in [3.05, 3.63) is 23.3 Å². The van der Waals surface area contributed by atoms with Crippen LogP contribution in [0.15, 0.2) is 12.1 Å². The minimum absolute atomic E-state index is 0.0625. The maximum atomic E-state index is 10.9. The predicted octanol–water partition coefficient (Wildman–Crippen LogP) is 1.05. The highest BCUT2D eigenvalue weighted by molar-refractivity contribution is 5.89. The minimum Gasteiger partial charge on any atom is -0.504 e. The molecule has 0 spiro atoms. The van der Waals surface area contributed by atoms with Crippen molar-refractivity contribution < 1.29 is 19.7 Å². The Labute approximate surface area is 92.5 Å². The van der Waals surface area contributed by atoms with Gasteiger partial charge in [-0.15, -0.1) is 0 Å². The second-order valence-corrected chi connectivity index (χ2v) is 4.04. The molecule has 16 heavy (non-hydrogen) atoms. The number of nitrogens with two attached hydrogens (primary N) is 1. The van der Waals surface area contributed by atoms with E-state index in [-0.39, 0.29) is 17.1 Å². The molecule has 1 aromatic carbocycles. The fraction of sp³-hybridized carbons (Fsp3) is 0.364. The van der Waals surface area contributed by atoms with E-state index in [4.69, 9.17) is 15.6 Å². The molecule has 1 saturated carbocycles. The summed E-state index contributed by atoms with van der Waals surface area (Å²) in [5.41, 5.74) is 5.88. The second kappa shape index (κ2) is 3.38. The Morgan fingerprint density at radius 3 is 2.56 bits per heavy atom. The Morgan fingerprint density at radius 2 is 2.12 bits per heavy atom. The highest BCUT2D eigenvalue weighted by Gasteiger charge is 2.43. The monoisotopic (exact) mass is 223 g/mol. The largest absolute Gasteiger partial charge is 0.504 e. The lowest BCUT2D eigenvalue weighted by Gasteiger charge is -2.15. The Bertz CT molecular complexity index is 452. The topological polar surface area (TPSA) is 92.8 Å². The van der Waals surface area contributed by atoms with Gasteiger partial charge in [0.15, 0.2) is 11.5 Å². The molecule has 0 unspecified atom stereocenters. The number of phenols is 1. The van der Waals surface area contributed by atoms with Crippen LogP contribution in [0.25, 0.3) is 0 Å². The first-order chi connectivity index (χ1) is 7.48. The SMILES string of the molecule is COc1cc(C(=O)O)cc(C2(N)CC2)c1O. The number of rotatable bonds is 3. The van der Waals surface area contributed by atoms with E-state index in [9.17, 15) is 9.90 Å². The summed E-state index contributed by atoms with van der Waals surface area (Å²) in [5.74, 6) is -0.983. The summed E-state index contributed by atoms with van der Waals surface area (Å²) in [6, 6.07) is 2.69. The summed E-state index contributed by atoms with van der Waals surface area (Å²) in [4.78, 5) is 10.9. The van der Waals surface area contributed by atoms with Gasteiger partial charge in [0.1, 0.15) is 0 Å². The molecule has 0 radical (unpaired) electrons. The molecular weight excluding hydrogens is 210 g/mol. The van der Waals surface area contributed by atoms with Crippen LogP contribution in [0.3, 0.4) is 0 Å². The van der Waals surface area contributed by atoms with Crippen molar-refractivity contribution in [2.24, 2.45) is 5.73 Å². The molecule has 0 bridgehead atoms. The first-order valence-electron chi connectivity index (χ1n) is 4.91. The number of aromatic hydroxyl groups is 1. The lowest BCUT2D eigenvalue weighted by Crippen LogP contribution is -2.19. The number of ether oxygens (including phenoxy) is 1. The zero-order valence-corrected chi connectivity index (χ0v) is 8.86. The number of carboxylic acid groups (broad SMARTS) is 1. The van der Waals surface area contributed by atoms with Crippen LogP contribution in [0.2, 0.25) is 0 Å². The van der Waals surface area contributed by atoms with Crippen molar-refractivity contribution in [3.8, 4) is 11.5 Å². The van der Waals surface area contributed by atoms with Gasteiger partial charge in [-0.1, -0.05) is 0 Å². The first kappa shape index (κ1) is 10.8. The molecular formula is C11H13NO4. The zero-order valence-electron chi connectivity index (χ0n) is 8.86. The third-order valence-electron chi connectivity index (χ3n) is 2.87. The van der Waals surface area contributed by atoms with E-state index in [1.54, 1.807) is 0 Å². The second-order valence-electron chi connectivity index (χ2n) is 4.04. The lowest BCUT2D eigenvalue weighted by atomic mass is 10.0. The molecule has 1 aromatic rings. The molecule has 0 heterocycles. The van der Waals surface area contributed by atoms with Crippen LogP contribution in [0.4, 0.5) is 0 Å². The standard InChI is InChI=1S/C11H13NO4/c1-16-8-5-6(10(14)15)4-7(9(8)13)11(12)2-3-11/h4-5,13H,2-3,12H2,1H3,(H,14,15). The summed E-state index contributed by atoms with van der Waals surface area (Å²) in [7, 11) is 1.38. The van der Waals surface area contributed by atoms with Gasteiger partial charge in [-0.2, -0.15) is 0 Å². The van der Waals surface area contributed by atoms with Crippen LogP contribution in [0.5, 0.6) is 11.5 Å². The van der Waals surface area contributed by atoms with Crippen molar-refractivity contribution in [1.82, 2.24) is 0 Å². The minimum atomic E-state index is -1.07. The number of carbonyl (C=O) groups is 1. The molecule has 0 aliphatic heterocycles. The van der Waals surface area contributed by atoms with Gasteiger partial charge in [0, 0.05) is 11.1 Å². The van der Waals surface area contributed by atoms with E-state index in [0.717, 1.165) is 12.8 Å². The van der Waals surface area contributed by atoms with E-state index < -0.39 is 11.5 Å². The Kier molecular flexibility index (Phi) is 2.27. The Balaban J connectivity index is 2.58. The first-order valence-corrected chi connectivity index (χ1v) is 4.91. The van der Waals surface area contributed by atoms with Crippen molar-refractivity contribution in [3.63, 3.8) is 0 Å². The number of hydrogen-bond donors (Lipinski definition) is 3. The highest BCUT2D eigenvalue weighted by atomic mass is 16.5. The molecule has 5 nitrogen and oxygen atoms in total. The maximum absolute atomic E-state index is 10.9. The predicted molar refractivity (Wildman–Crippen MR) is 56.7 cm³/mol. The number of aromatic carboxylic acids is 1. The third kappa shape index (κ3) is 1.59. The van der Waals surface area contributed by atoms with Gasteiger partial charge >= 0.3 is 5.97 Å². The number of carboxylic acids is 1. The molecule has 0 saturated heterocycles. The van der Waals surface area contributed by atoms with Gasteiger partial charge < -0.3 is 20.7 Å². The van der Waals surface area contributed by atoms with E-state index in [1.165, 1.54) is 19.2 Å². The molecule has 4 N–H and O–H groups in total. The summed E-state index contributed by atoms with van der Waals surface area (Å²) in [5, 5.41) is 18.8. The smallest absolute Gasteiger partial charge is 0.335 e. The van der Waals surface area contributed by atoms with Crippen molar-refractivity contribution in [1.29, 1.82) is 0 Å². The molecule has 1 aliphatic carbocycles. The van der Waals surface area contributed by atoms with Gasteiger partial charge in [0.05, 0.1) is 12.7 Å². The number of benzene rings is 1. The number of phenolic OH excluding ortho intramolecular Hbond substituents is 1. The normalized spacial score (nSPS) is 16.9. The molecule has 1 fully saturated rings. The van der Waals surface area contributed by atoms with Crippen molar-refractivity contribution in [2.45, 2.75) is 18.4 Å². The maximum Gasteiger partial charge on any atom is 0.335 e. The van der Waals surface area contributed by atoms with E-state index >= 15 is 0 Å². The number of methoxy groups -OCH3 is 1. The molecule has 0 atom stereocenters. The summed E-state index contributed by atoms with van der Waals surface area (Å²) in [6.07, 6.45) is 1.49. The summed E-state index contributed by atoms with van der Waals surface area (Å²) in [6.45, 7) is 0. The third-order valence-corrected chi connectivity index (χ3v) is 2.87. The van der Waals surface area contributed by atoms with Gasteiger partial charge in [0.2, 0.25) is 0 Å². The number of hydrogen-bond acceptors (Lipinski definition) is 4. The van der Waals surface area contributed by atoms with Gasteiger partial charge in [0.25, 0.3) is 0 Å². The fourth-order valence-corrected chi connectivity index (χ4v) is 1.67. The van der Waals surface area contributed by atoms with Crippen LogP contribution in [0.1, 0.15) is 28.8 Å². The quantitative estimate of drug-likeness (QED) is 0.712. The van der Waals surface area contributed by atoms with Gasteiger partial charge in [-0.3, -0.25) is 0 Å². The van der Waals surface area contributed by atoms with Crippen LogP contribution >= 0.6 is 0 Å². The molecule has 2 rings (SSSR count). The van der Waals surface area contributed by atoms with E-state index in [0.29, 0.717) is 5.56 Å². The van der Waals surface area contributed by atoms with Crippen LogP contribution in [0, 0.1) is 0 Å². The van der Waals surface area contributed by atoms with Gasteiger partial charge in [-0.25, -0.2) is 4.79 Å². The van der Waals surface area contributed by atoms with Crippen LogP contribution in [-0.4, -0.2) is 23.3 Å². The van der Waals surface area contributed by atoms with E-state index in [2.05, 4.69) is 0 Å². The van der Waals surface area contributed by atoms with Gasteiger partial charge in [-0.05, 0) is 25.0 Å². The summed E-state index contributed by atoms with van der Waals surface area (Å²) < 4.78 is 4.93. The molecule has 0 aromatic heterocycles. The van der Waals surface area contributed by atoms with Crippen LogP contribution < -0.4 is 10.5 Å². The van der Waals surface area contributed by atoms with Crippen molar-refractivity contribution in [2.75, 3.05) is 7.11 Å². The molecule has 5 heteroatoms. The average Bonchev–Trinajstić information content (AvgIpc) is 2.97. The van der Waals surface area contributed by atoms with Crippen molar-refractivity contribution >= 4 is 5.97 Å². The van der Waals surface area contributed by atoms with E-state index in [1.807, 2.05) is 0 Å². The Morgan fingerprint density at radius 1 is 1.50 bits per heavy atom. The summed E-state index contributed by atoms with van der Waals surface area (Å²) >= 11 is 0.